The van der Waals surface area contributed by atoms with Gasteiger partial charge in [-0.1, -0.05) is 0 Å². The highest BCUT2D eigenvalue weighted by Crippen LogP contribution is 2.29. The first-order chi connectivity index (χ1) is 10.2. The zero-order valence-electron chi connectivity index (χ0n) is 11.5. The lowest BCUT2D eigenvalue weighted by Gasteiger charge is -2.23. The van der Waals surface area contributed by atoms with E-state index in [1.807, 2.05) is 17.0 Å². The summed E-state index contributed by atoms with van der Waals surface area (Å²) in [4.78, 5) is 18.2. The molecule has 1 saturated carbocycles. The Balaban J connectivity index is 1.69. The monoisotopic (exact) mass is 285 g/mol. The number of anilines is 1. The van der Waals surface area contributed by atoms with Crippen LogP contribution in [0.15, 0.2) is 48.8 Å². The van der Waals surface area contributed by atoms with Gasteiger partial charge < -0.3 is 10.2 Å². The summed E-state index contributed by atoms with van der Waals surface area (Å²) in [5.41, 5.74) is 1.65. The standard InChI is InChI=1S/C16H16FN3O/c17-13-1-3-14(4-2-13)19-16(21)20(15-5-6-15)11-12-7-9-18-10-8-12/h1-4,7-10,15H,5-6,11H2,(H,19,21). The van der Waals surface area contributed by atoms with Gasteiger partial charge in [0.1, 0.15) is 5.82 Å². The van der Waals surface area contributed by atoms with Crippen molar-refractivity contribution in [3.05, 3.63) is 60.2 Å². The van der Waals surface area contributed by atoms with Crippen LogP contribution in [0.1, 0.15) is 18.4 Å². The molecule has 108 valence electrons. The highest BCUT2D eigenvalue weighted by atomic mass is 19.1. The van der Waals surface area contributed by atoms with Crippen LogP contribution in [0.4, 0.5) is 14.9 Å². The molecule has 0 unspecified atom stereocenters. The van der Waals surface area contributed by atoms with Crippen LogP contribution >= 0.6 is 0 Å². The molecule has 1 heterocycles. The van der Waals surface area contributed by atoms with Crippen molar-refractivity contribution in [3.63, 3.8) is 0 Å². The van der Waals surface area contributed by atoms with E-state index in [-0.39, 0.29) is 11.8 Å². The molecule has 1 aliphatic rings. The SMILES string of the molecule is O=C(Nc1ccc(F)cc1)N(Cc1ccncc1)C1CC1. The first-order valence-electron chi connectivity index (χ1n) is 6.94. The van der Waals surface area contributed by atoms with Crippen molar-refractivity contribution in [2.45, 2.75) is 25.4 Å². The van der Waals surface area contributed by atoms with Crippen molar-refractivity contribution < 1.29 is 9.18 Å². The third-order valence-corrected chi connectivity index (χ3v) is 3.45. The molecule has 0 atom stereocenters. The topological polar surface area (TPSA) is 45.2 Å². The number of carbonyl (C=O) groups excluding carboxylic acids is 1. The Kier molecular flexibility index (Phi) is 3.81. The summed E-state index contributed by atoms with van der Waals surface area (Å²) >= 11 is 0. The van der Waals surface area contributed by atoms with Crippen molar-refractivity contribution >= 4 is 11.7 Å². The fourth-order valence-corrected chi connectivity index (χ4v) is 2.17. The number of nitrogens with one attached hydrogen (secondary N) is 1. The molecule has 2 amide bonds. The third kappa shape index (κ3) is 3.56. The number of rotatable bonds is 4. The van der Waals surface area contributed by atoms with Gasteiger partial charge in [0.2, 0.25) is 0 Å². The van der Waals surface area contributed by atoms with E-state index >= 15 is 0 Å². The number of hydrogen-bond donors (Lipinski definition) is 1. The molecule has 0 saturated heterocycles. The molecule has 2 aromatic rings. The van der Waals surface area contributed by atoms with E-state index in [1.54, 1.807) is 24.5 Å². The molecule has 3 rings (SSSR count). The van der Waals surface area contributed by atoms with Gasteiger partial charge in [-0.25, -0.2) is 9.18 Å². The van der Waals surface area contributed by atoms with Crippen LogP contribution in [0.5, 0.6) is 0 Å². The predicted molar refractivity (Wildman–Crippen MR) is 78.2 cm³/mol. The minimum atomic E-state index is -0.316. The van der Waals surface area contributed by atoms with Gasteiger partial charge in [0.15, 0.2) is 0 Å². The minimum Gasteiger partial charge on any atom is -0.317 e. The second-order valence-corrected chi connectivity index (χ2v) is 5.15. The number of nitrogens with zero attached hydrogens (tertiary/aromatic N) is 2. The first-order valence-corrected chi connectivity index (χ1v) is 6.94. The maximum atomic E-state index is 12.9. The largest absolute Gasteiger partial charge is 0.322 e. The molecule has 4 nitrogen and oxygen atoms in total. The summed E-state index contributed by atoms with van der Waals surface area (Å²) in [5, 5.41) is 2.82. The molecule has 0 spiro atoms. The van der Waals surface area contributed by atoms with Crippen LogP contribution in [-0.4, -0.2) is 22.0 Å². The highest BCUT2D eigenvalue weighted by Gasteiger charge is 2.32. The van der Waals surface area contributed by atoms with Gasteiger partial charge >= 0.3 is 6.03 Å². The molecule has 5 heteroatoms. The number of carbonyl (C=O) groups is 1. The maximum Gasteiger partial charge on any atom is 0.322 e. The quantitative estimate of drug-likeness (QED) is 0.935. The third-order valence-electron chi connectivity index (χ3n) is 3.45. The number of pyridine rings is 1. The predicted octanol–water partition coefficient (Wildman–Crippen LogP) is 3.42. The number of benzene rings is 1. The Morgan fingerprint density at radius 3 is 2.48 bits per heavy atom. The van der Waals surface area contributed by atoms with Gasteiger partial charge in [-0.3, -0.25) is 4.98 Å². The highest BCUT2D eigenvalue weighted by molar-refractivity contribution is 5.89. The van der Waals surface area contributed by atoms with Crippen molar-refractivity contribution in [3.8, 4) is 0 Å². The van der Waals surface area contributed by atoms with E-state index in [2.05, 4.69) is 10.3 Å². The number of amides is 2. The zero-order chi connectivity index (χ0) is 14.7. The lowest BCUT2D eigenvalue weighted by Crippen LogP contribution is -2.36. The molecular formula is C16H16FN3O. The summed E-state index contributed by atoms with van der Waals surface area (Å²) < 4.78 is 12.9. The second-order valence-electron chi connectivity index (χ2n) is 5.15. The average Bonchev–Trinajstić information content (AvgIpc) is 3.33. The molecule has 0 aliphatic heterocycles. The number of hydrogen-bond acceptors (Lipinski definition) is 2. The Bertz CT molecular complexity index is 611. The Morgan fingerprint density at radius 2 is 1.86 bits per heavy atom. The summed E-state index contributed by atoms with van der Waals surface area (Å²) in [7, 11) is 0. The zero-order valence-corrected chi connectivity index (χ0v) is 11.5. The Hall–Kier alpha value is -2.43. The molecular weight excluding hydrogens is 269 g/mol. The van der Waals surface area contributed by atoms with Gasteiger partial charge in [-0.05, 0) is 54.8 Å². The molecule has 0 radical (unpaired) electrons. The van der Waals surface area contributed by atoms with Crippen LogP contribution in [0.25, 0.3) is 0 Å². The average molecular weight is 285 g/mol. The van der Waals surface area contributed by atoms with E-state index in [1.165, 1.54) is 12.1 Å². The van der Waals surface area contributed by atoms with E-state index in [0.717, 1.165) is 18.4 Å². The van der Waals surface area contributed by atoms with E-state index in [9.17, 15) is 9.18 Å². The number of aromatic nitrogens is 1. The Morgan fingerprint density at radius 1 is 1.19 bits per heavy atom. The van der Waals surface area contributed by atoms with Crippen molar-refractivity contribution in [2.75, 3.05) is 5.32 Å². The summed E-state index contributed by atoms with van der Waals surface area (Å²) in [6.45, 7) is 0.556. The van der Waals surface area contributed by atoms with Gasteiger partial charge in [-0.15, -0.1) is 0 Å². The lowest BCUT2D eigenvalue weighted by atomic mass is 10.2. The van der Waals surface area contributed by atoms with Gasteiger partial charge in [0.05, 0.1) is 0 Å². The number of urea groups is 1. The van der Waals surface area contributed by atoms with E-state index < -0.39 is 0 Å². The molecule has 1 aromatic heterocycles. The molecule has 1 N–H and O–H groups in total. The summed E-state index contributed by atoms with van der Waals surface area (Å²) in [6.07, 6.45) is 5.50. The first kappa shape index (κ1) is 13.5. The fraction of sp³-hybridized carbons (Fsp3) is 0.250. The van der Waals surface area contributed by atoms with Crippen LogP contribution in [-0.2, 0) is 6.54 Å². The molecule has 1 aromatic carbocycles. The van der Waals surface area contributed by atoms with E-state index in [0.29, 0.717) is 18.3 Å². The summed E-state index contributed by atoms with van der Waals surface area (Å²) in [5.74, 6) is -0.316. The van der Waals surface area contributed by atoms with E-state index in [4.69, 9.17) is 0 Å². The molecule has 0 bridgehead atoms. The summed E-state index contributed by atoms with van der Waals surface area (Å²) in [6, 6.07) is 9.73. The van der Waals surface area contributed by atoms with Gasteiger partial charge in [-0.2, -0.15) is 0 Å². The molecule has 1 fully saturated rings. The minimum absolute atomic E-state index is 0.152. The van der Waals surface area contributed by atoms with Crippen LogP contribution in [0.3, 0.4) is 0 Å². The fourth-order valence-electron chi connectivity index (χ4n) is 2.17. The lowest BCUT2D eigenvalue weighted by molar-refractivity contribution is 0.206. The van der Waals surface area contributed by atoms with Crippen molar-refractivity contribution in [1.29, 1.82) is 0 Å². The van der Waals surface area contributed by atoms with Gasteiger partial charge in [0, 0.05) is 30.7 Å². The second kappa shape index (κ2) is 5.91. The molecule has 21 heavy (non-hydrogen) atoms. The number of halogens is 1. The van der Waals surface area contributed by atoms with Crippen molar-refractivity contribution in [1.82, 2.24) is 9.88 Å². The molecule has 1 aliphatic carbocycles. The normalized spacial score (nSPS) is 13.8. The van der Waals surface area contributed by atoms with Crippen LogP contribution in [0.2, 0.25) is 0 Å². The smallest absolute Gasteiger partial charge is 0.317 e. The van der Waals surface area contributed by atoms with Crippen LogP contribution < -0.4 is 5.32 Å². The van der Waals surface area contributed by atoms with Crippen molar-refractivity contribution in [2.24, 2.45) is 0 Å². The van der Waals surface area contributed by atoms with Crippen LogP contribution in [0, 0.1) is 5.82 Å². The Labute approximate surface area is 122 Å². The van der Waals surface area contributed by atoms with Gasteiger partial charge in [0.25, 0.3) is 0 Å². The maximum absolute atomic E-state index is 12.9.